The second-order valence-electron chi connectivity index (χ2n) is 6.86. The highest BCUT2D eigenvalue weighted by molar-refractivity contribution is 9.24. The zero-order valence-corrected chi connectivity index (χ0v) is 18.9. The maximum absolute atomic E-state index is 13.2. The highest BCUT2D eigenvalue weighted by Gasteiger charge is 2.83. The summed E-state index contributed by atoms with van der Waals surface area (Å²) in [6.45, 7) is 4.35. The van der Waals surface area contributed by atoms with Crippen molar-refractivity contribution in [3.63, 3.8) is 0 Å². The SMILES string of the molecule is CC1(C)C2(C(=O)Nc3cccc(Cl)c3Cl)CCC1(C(Br)Br)C2Br. The van der Waals surface area contributed by atoms with Crippen LogP contribution >= 0.6 is 71.0 Å². The van der Waals surface area contributed by atoms with E-state index in [-0.39, 0.29) is 25.3 Å². The van der Waals surface area contributed by atoms with E-state index in [0.717, 1.165) is 12.8 Å². The number of benzene rings is 1. The lowest BCUT2D eigenvalue weighted by atomic mass is 9.43. The zero-order chi connectivity index (χ0) is 17.2. The van der Waals surface area contributed by atoms with Crippen molar-refractivity contribution >= 4 is 82.6 Å². The molecule has 2 nitrogen and oxygen atoms in total. The summed E-state index contributed by atoms with van der Waals surface area (Å²) in [4.78, 5) is 13.3. The van der Waals surface area contributed by atoms with Crippen LogP contribution in [0.15, 0.2) is 18.2 Å². The van der Waals surface area contributed by atoms with E-state index in [1.54, 1.807) is 18.2 Å². The van der Waals surface area contributed by atoms with Gasteiger partial charge in [0.15, 0.2) is 0 Å². The summed E-state index contributed by atoms with van der Waals surface area (Å²) in [5.74, 6) is 0.00215. The quantitative estimate of drug-likeness (QED) is 0.423. The number of anilines is 1. The van der Waals surface area contributed by atoms with Gasteiger partial charge in [-0.3, -0.25) is 4.79 Å². The number of hydrogen-bond acceptors (Lipinski definition) is 1. The molecule has 3 aliphatic carbocycles. The first-order chi connectivity index (χ1) is 10.6. The van der Waals surface area contributed by atoms with E-state index in [4.69, 9.17) is 23.2 Å². The molecule has 0 radical (unpaired) electrons. The number of rotatable bonds is 3. The van der Waals surface area contributed by atoms with Crippen LogP contribution in [-0.4, -0.2) is 14.5 Å². The van der Waals surface area contributed by atoms with E-state index in [9.17, 15) is 4.79 Å². The highest BCUT2D eigenvalue weighted by atomic mass is 79.9. The van der Waals surface area contributed by atoms with Gasteiger partial charge in [0.05, 0.1) is 24.9 Å². The molecule has 23 heavy (non-hydrogen) atoms. The minimum Gasteiger partial charge on any atom is -0.324 e. The summed E-state index contributed by atoms with van der Waals surface area (Å²) < 4.78 is 0.153. The normalized spacial score (nSPS) is 34.3. The van der Waals surface area contributed by atoms with Crippen molar-refractivity contribution in [3.05, 3.63) is 28.2 Å². The molecular formula is C16H16Br3Cl2NO. The summed E-state index contributed by atoms with van der Waals surface area (Å²) in [5.41, 5.74) is -0.0466. The Morgan fingerprint density at radius 1 is 1.30 bits per heavy atom. The van der Waals surface area contributed by atoms with Crippen molar-refractivity contribution in [2.24, 2.45) is 16.2 Å². The Morgan fingerprint density at radius 3 is 2.48 bits per heavy atom. The molecule has 0 saturated heterocycles. The molecule has 3 fully saturated rings. The number of hydrogen-bond donors (Lipinski definition) is 1. The lowest BCUT2D eigenvalue weighted by molar-refractivity contribution is -0.155. The Labute approximate surface area is 171 Å². The lowest BCUT2D eigenvalue weighted by Gasteiger charge is -2.66. The number of fused-ring (bicyclic) bond motifs is 1. The second-order valence-corrected chi connectivity index (χ2v) is 11.6. The number of nitrogens with one attached hydrogen (secondary N) is 1. The molecule has 0 aliphatic heterocycles. The molecule has 4 rings (SSSR count). The smallest absolute Gasteiger partial charge is 0.232 e. The van der Waals surface area contributed by atoms with Gasteiger partial charge in [0.1, 0.15) is 0 Å². The fourth-order valence-electron chi connectivity index (χ4n) is 4.53. The molecule has 126 valence electrons. The van der Waals surface area contributed by atoms with Crippen LogP contribution < -0.4 is 5.32 Å². The first-order valence-electron chi connectivity index (χ1n) is 7.30. The molecule has 0 heterocycles. The largest absolute Gasteiger partial charge is 0.324 e. The van der Waals surface area contributed by atoms with Gasteiger partial charge in [-0.15, -0.1) is 0 Å². The Hall–Kier alpha value is 0.710. The third kappa shape index (κ3) is 2.12. The Balaban J connectivity index is 1.94. The van der Waals surface area contributed by atoms with Gasteiger partial charge < -0.3 is 5.32 Å². The fraction of sp³-hybridized carbons (Fsp3) is 0.562. The van der Waals surface area contributed by atoms with Crippen LogP contribution in [-0.2, 0) is 4.79 Å². The third-order valence-electron chi connectivity index (χ3n) is 6.09. The van der Waals surface area contributed by atoms with Crippen LogP contribution in [0.4, 0.5) is 5.69 Å². The average Bonchev–Trinajstić information content (AvgIpc) is 2.93. The number of alkyl halides is 3. The maximum atomic E-state index is 13.2. The van der Waals surface area contributed by atoms with Crippen molar-refractivity contribution in [3.8, 4) is 0 Å². The van der Waals surface area contributed by atoms with E-state index in [0.29, 0.717) is 15.7 Å². The maximum Gasteiger partial charge on any atom is 0.232 e. The van der Waals surface area contributed by atoms with E-state index < -0.39 is 5.41 Å². The predicted octanol–water partition coefficient (Wildman–Crippen LogP) is 6.62. The topological polar surface area (TPSA) is 29.1 Å². The summed E-state index contributed by atoms with van der Waals surface area (Å²) in [7, 11) is 0. The molecule has 2 bridgehead atoms. The Morgan fingerprint density at radius 2 is 1.96 bits per heavy atom. The molecule has 3 aliphatic rings. The van der Waals surface area contributed by atoms with Crippen LogP contribution in [0.25, 0.3) is 0 Å². The molecule has 1 aromatic carbocycles. The van der Waals surface area contributed by atoms with Gasteiger partial charge >= 0.3 is 0 Å². The van der Waals surface area contributed by atoms with Gasteiger partial charge in [0.25, 0.3) is 0 Å². The Kier molecular flexibility index (Phi) is 4.72. The molecule has 7 heteroatoms. The average molecular weight is 549 g/mol. The Bertz CT molecular complexity index is 681. The molecular weight excluding hydrogens is 533 g/mol. The first-order valence-corrected chi connectivity index (χ1v) is 10.8. The molecule has 0 spiro atoms. The third-order valence-corrected chi connectivity index (χ3v) is 10.1. The molecule has 3 atom stereocenters. The van der Waals surface area contributed by atoms with Crippen molar-refractivity contribution in [2.45, 2.75) is 35.3 Å². The van der Waals surface area contributed by atoms with Crippen LogP contribution in [0.2, 0.25) is 10.0 Å². The molecule has 3 unspecified atom stereocenters. The second kappa shape index (κ2) is 5.87. The molecule has 3 saturated carbocycles. The van der Waals surface area contributed by atoms with Gasteiger partial charge in [-0.1, -0.05) is 90.9 Å². The van der Waals surface area contributed by atoms with Crippen LogP contribution in [0.5, 0.6) is 0 Å². The van der Waals surface area contributed by atoms with Crippen molar-refractivity contribution in [1.82, 2.24) is 0 Å². The van der Waals surface area contributed by atoms with Crippen LogP contribution in [0.1, 0.15) is 26.7 Å². The van der Waals surface area contributed by atoms with Gasteiger partial charge in [-0.05, 0) is 30.4 Å². The molecule has 0 aromatic heterocycles. The highest BCUT2D eigenvalue weighted by Crippen LogP contribution is 2.82. The van der Waals surface area contributed by atoms with E-state index in [2.05, 4.69) is 67.0 Å². The van der Waals surface area contributed by atoms with Crippen molar-refractivity contribution in [2.75, 3.05) is 5.32 Å². The predicted molar refractivity (Wildman–Crippen MR) is 107 cm³/mol. The van der Waals surface area contributed by atoms with E-state index >= 15 is 0 Å². The van der Waals surface area contributed by atoms with E-state index in [1.165, 1.54) is 0 Å². The summed E-state index contributed by atoms with van der Waals surface area (Å²) in [5, 5.41) is 3.81. The minimum atomic E-state index is -0.460. The summed E-state index contributed by atoms with van der Waals surface area (Å²) in [6.07, 6.45) is 1.82. The van der Waals surface area contributed by atoms with Gasteiger partial charge in [-0.25, -0.2) is 0 Å². The van der Waals surface area contributed by atoms with Gasteiger partial charge in [0.2, 0.25) is 5.91 Å². The zero-order valence-electron chi connectivity index (χ0n) is 12.6. The number of carbonyl (C=O) groups excluding carboxylic acids is 1. The van der Waals surface area contributed by atoms with E-state index in [1.807, 2.05) is 0 Å². The number of halogens is 5. The summed E-state index contributed by atoms with van der Waals surface area (Å²) in [6, 6.07) is 5.27. The standard InChI is InChI=1S/C16H16Br3Cl2NO/c1-14(2)15(12(18)19)6-7-16(14,11(15)17)13(23)22-9-5-3-4-8(20)10(9)21/h3-5,11-12H,6-7H2,1-2H3,(H,22,23). The molecule has 1 N–H and O–H groups in total. The monoisotopic (exact) mass is 545 g/mol. The number of carbonyl (C=O) groups is 1. The summed E-state index contributed by atoms with van der Waals surface area (Å²) >= 11 is 23.4. The lowest BCUT2D eigenvalue weighted by Crippen LogP contribution is -2.71. The number of amides is 1. The first kappa shape index (κ1) is 18.5. The molecule has 1 amide bonds. The van der Waals surface area contributed by atoms with Crippen LogP contribution in [0, 0.1) is 16.2 Å². The molecule has 1 aromatic rings. The fourth-order valence-corrected chi connectivity index (χ4v) is 9.80. The van der Waals surface area contributed by atoms with Crippen molar-refractivity contribution in [1.29, 1.82) is 0 Å². The minimum absolute atomic E-state index is 0.00215. The van der Waals surface area contributed by atoms with Gasteiger partial charge in [0, 0.05) is 10.2 Å². The van der Waals surface area contributed by atoms with Crippen molar-refractivity contribution < 1.29 is 4.79 Å². The van der Waals surface area contributed by atoms with Crippen LogP contribution in [0.3, 0.4) is 0 Å². The van der Waals surface area contributed by atoms with Gasteiger partial charge in [-0.2, -0.15) is 0 Å².